The van der Waals surface area contributed by atoms with E-state index in [1.54, 1.807) is 6.07 Å². The van der Waals surface area contributed by atoms with Crippen LogP contribution in [0.3, 0.4) is 0 Å². The number of nitrogen functional groups attached to an aromatic ring is 2. The fraction of sp³-hybridized carbons (Fsp3) is 0. The minimum absolute atomic E-state index is 0.0440. The number of carboxylic acids is 1. The second-order valence-electron chi connectivity index (χ2n) is 3.54. The van der Waals surface area contributed by atoms with E-state index in [4.69, 9.17) is 22.3 Å². The molecule has 8 nitrogen and oxygen atoms in total. The van der Waals surface area contributed by atoms with E-state index < -0.39 is 11.9 Å². The predicted octanol–water partition coefficient (Wildman–Crippen LogP) is 0.125. The van der Waals surface area contributed by atoms with Gasteiger partial charge in [-0.2, -0.15) is 0 Å². The third-order valence-corrected chi connectivity index (χ3v) is 2.17. The van der Waals surface area contributed by atoms with Gasteiger partial charge in [-0.15, -0.1) is 0 Å². The monoisotopic (exact) mass is 275 g/mol. The lowest BCUT2D eigenvalue weighted by Crippen LogP contribution is -2.13. The normalized spacial score (nSPS) is 9.20. The van der Waals surface area contributed by atoms with E-state index in [0.29, 0.717) is 0 Å². The molecule has 0 aliphatic carbocycles. The van der Waals surface area contributed by atoms with Gasteiger partial charge < -0.3 is 22.3 Å². The number of hydrogen-bond acceptors (Lipinski definition) is 6. The van der Waals surface area contributed by atoms with Crippen LogP contribution in [-0.2, 0) is 0 Å². The summed E-state index contributed by atoms with van der Waals surface area (Å²) in [5.41, 5.74) is 15.8. The van der Waals surface area contributed by atoms with E-state index in [1.165, 1.54) is 30.6 Å². The average Bonchev–Trinajstić information content (AvgIpc) is 2.40. The maximum absolute atomic E-state index is 10.5. The first-order chi connectivity index (χ1) is 9.43. The molecule has 0 atom stereocenters. The molecule has 2 aromatic heterocycles. The molecule has 0 spiro atoms. The fourth-order valence-electron chi connectivity index (χ4n) is 1.22. The molecular weight excluding hydrogens is 262 g/mol. The summed E-state index contributed by atoms with van der Waals surface area (Å²) in [5.74, 6) is -1.37. The van der Waals surface area contributed by atoms with Crippen LogP contribution < -0.4 is 17.2 Å². The lowest BCUT2D eigenvalue weighted by molar-refractivity contribution is 0.0697. The Bertz CT molecular complexity index is 574. The minimum atomic E-state index is -1.05. The number of carboxylic acid groups (broad SMARTS) is 1. The van der Waals surface area contributed by atoms with Crippen LogP contribution in [0.1, 0.15) is 20.7 Å². The molecule has 2 heterocycles. The zero-order chi connectivity index (χ0) is 15.1. The highest BCUT2D eigenvalue weighted by molar-refractivity contribution is 5.96. The van der Waals surface area contributed by atoms with Crippen molar-refractivity contribution in [3.05, 3.63) is 47.8 Å². The quantitative estimate of drug-likeness (QED) is 0.605. The molecule has 0 aromatic carbocycles. The van der Waals surface area contributed by atoms with Crippen molar-refractivity contribution in [1.29, 1.82) is 0 Å². The Morgan fingerprint density at radius 2 is 1.40 bits per heavy atom. The Kier molecular flexibility index (Phi) is 4.98. The first-order valence-corrected chi connectivity index (χ1v) is 5.37. The van der Waals surface area contributed by atoms with Gasteiger partial charge in [0.15, 0.2) is 0 Å². The number of amides is 1. The highest BCUT2D eigenvalue weighted by atomic mass is 16.4. The van der Waals surface area contributed by atoms with Crippen molar-refractivity contribution in [2.24, 2.45) is 5.73 Å². The van der Waals surface area contributed by atoms with Crippen LogP contribution in [0.4, 0.5) is 11.6 Å². The van der Waals surface area contributed by atoms with Gasteiger partial charge in [0.1, 0.15) is 17.2 Å². The Balaban J connectivity index is 0.000000200. The first-order valence-electron chi connectivity index (χ1n) is 5.37. The van der Waals surface area contributed by atoms with Crippen molar-refractivity contribution in [2.45, 2.75) is 0 Å². The molecule has 20 heavy (non-hydrogen) atoms. The van der Waals surface area contributed by atoms with Crippen LogP contribution in [0.15, 0.2) is 36.7 Å². The molecular formula is C12H13N5O3. The summed E-state index contributed by atoms with van der Waals surface area (Å²) in [6.07, 6.45) is 2.95. The number of carbonyl (C=O) groups excluding carboxylic acids is 1. The van der Waals surface area contributed by atoms with Crippen molar-refractivity contribution in [1.82, 2.24) is 9.97 Å². The highest BCUT2D eigenvalue weighted by Crippen LogP contribution is 2.05. The third kappa shape index (κ3) is 3.95. The summed E-state index contributed by atoms with van der Waals surface area (Å²) in [6, 6.07) is 6.08. The number of pyridine rings is 2. The van der Waals surface area contributed by atoms with Gasteiger partial charge in [0.2, 0.25) is 0 Å². The standard InChI is InChI=1S/C6H7N3O.C6H6N2O2/c7-5-4(6(8)10)2-1-3-9-5;7-5-4(6(9)10)2-1-3-8-5/h1-3H,(H2,7,9)(H2,8,10);1-3H,(H2,7,8)(H,9,10). The highest BCUT2D eigenvalue weighted by Gasteiger charge is 2.05. The van der Waals surface area contributed by atoms with E-state index in [9.17, 15) is 9.59 Å². The second-order valence-corrected chi connectivity index (χ2v) is 3.54. The van der Waals surface area contributed by atoms with Crippen LogP contribution in [0.5, 0.6) is 0 Å². The molecule has 0 fully saturated rings. The molecule has 1 amide bonds. The number of rotatable bonds is 2. The van der Waals surface area contributed by atoms with Crippen molar-refractivity contribution < 1.29 is 14.7 Å². The number of aromatic carboxylic acids is 1. The number of primary amides is 1. The van der Waals surface area contributed by atoms with Gasteiger partial charge >= 0.3 is 5.97 Å². The Morgan fingerprint density at radius 1 is 0.950 bits per heavy atom. The summed E-state index contributed by atoms with van der Waals surface area (Å²) in [6.45, 7) is 0. The van der Waals surface area contributed by atoms with Gasteiger partial charge in [-0.05, 0) is 24.3 Å². The van der Waals surface area contributed by atoms with E-state index >= 15 is 0 Å². The predicted molar refractivity (Wildman–Crippen MR) is 72.8 cm³/mol. The van der Waals surface area contributed by atoms with Gasteiger partial charge in [0.05, 0.1) is 5.56 Å². The Morgan fingerprint density at radius 3 is 1.65 bits per heavy atom. The lowest BCUT2D eigenvalue weighted by Gasteiger charge is -1.96. The number of anilines is 2. The van der Waals surface area contributed by atoms with Crippen molar-refractivity contribution >= 4 is 23.5 Å². The summed E-state index contributed by atoms with van der Waals surface area (Å²) in [5, 5.41) is 8.45. The lowest BCUT2D eigenvalue weighted by atomic mass is 10.2. The van der Waals surface area contributed by atoms with Crippen molar-refractivity contribution in [3.63, 3.8) is 0 Å². The molecule has 0 aliphatic rings. The number of nitrogens with zero attached hydrogens (tertiary/aromatic N) is 2. The topological polar surface area (TPSA) is 158 Å². The number of hydrogen-bond donors (Lipinski definition) is 4. The first kappa shape index (κ1) is 14.9. The largest absolute Gasteiger partial charge is 0.478 e. The van der Waals surface area contributed by atoms with Gasteiger partial charge in [-0.1, -0.05) is 0 Å². The zero-order valence-corrected chi connectivity index (χ0v) is 10.4. The molecule has 0 unspecified atom stereocenters. The van der Waals surface area contributed by atoms with Gasteiger partial charge in [0.25, 0.3) is 5.91 Å². The third-order valence-electron chi connectivity index (χ3n) is 2.17. The molecule has 0 saturated heterocycles. The number of aromatic nitrogens is 2. The smallest absolute Gasteiger partial charge is 0.339 e. The van der Waals surface area contributed by atoms with Gasteiger partial charge in [-0.25, -0.2) is 14.8 Å². The Labute approximate surface area is 114 Å². The molecule has 0 aliphatic heterocycles. The molecule has 2 aromatic rings. The van der Waals surface area contributed by atoms with Crippen LogP contribution in [0.2, 0.25) is 0 Å². The van der Waals surface area contributed by atoms with E-state index in [0.717, 1.165) is 0 Å². The summed E-state index contributed by atoms with van der Waals surface area (Å²) >= 11 is 0. The van der Waals surface area contributed by atoms with Crippen molar-refractivity contribution in [3.8, 4) is 0 Å². The maximum Gasteiger partial charge on any atom is 0.339 e. The second kappa shape index (κ2) is 6.69. The SMILES string of the molecule is NC(=O)c1cccnc1N.Nc1ncccc1C(=O)O. The van der Waals surface area contributed by atoms with E-state index in [-0.39, 0.29) is 22.8 Å². The summed E-state index contributed by atoms with van der Waals surface area (Å²) in [4.78, 5) is 28.1. The number of nitrogens with two attached hydrogens (primary N) is 3. The molecule has 0 bridgehead atoms. The van der Waals surface area contributed by atoms with Crippen molar-refractivity contribution in [2.75, 3.05) is 11.5 Å². The zero-order valence-electron chi connectivity index (χ0n) is 10.4. The molecule has 8 heteroatoms. The molecule has 104 valence electrons. The minimum Gasteiger partial charge on any atom is -0.478 e. The maximum atomic E-state index is 10.5. The van der Waals surface area contributed by atoms with E-state index in [1.807, 2.05) is 0 Å². The molecule has 2 rings (SSSR count). The van der Waals surface area contributed by atoms with Gasteiger partial charge in [0, 0.05) is 12.4 Å². The average molecular weight is 275 g/mol. The van der Waals surface area contributed by atoms with Crippen LogP contribution in [0, 0.1) is 0 Å². The summed E-state index contributed by atoms with van der Waals surface area (Å²) < 4.78 is 0. The fourth-order valence-corrected chi connectivity index (χ4v) is 1.22. The molecule has 0 saturated carbocycles. The summed E-state index contributed by atoms with van der Waals surface area (Å²) in [7, 11) is 0. The Hall–Kier alpha value is -3.16. The van der Waals surface area contributed by atoms with E-state index in [2.05, 4.69) is 9.97 Å². The van der Waals surface area contributed by atoms with Crippen LogP contribution >= 0.6 is 0 Å². The van der Waals surface area contributed by atoms with Crippen LogP contribution in [-0.4, -0.2) is 27.0 Å². The van der Waals surface area contributed by atoms with Gasteiger partial charge in [-0.3, -0.25) is 4.79 Å². The molecule has 7 N–H and O–H groups in total. The molecule has 0 radical (unpaired) electrons. The van der Waals surface area contributed by atoms with Crippen LogP contribution in [0.25, 0.3) is 0 Å². The number of carbonyl (C=O) groups is 2.